The lowest BCUT2D eigenvalue weighted by atomic mass is 9.84. The maximum absolute atomic E-state index is 7.46. The molecule has 1 rings (SSSR count). The van der Waals surface area contributed by atoms with Gasteiger partial charge in [0.25, 0.3) is 0 Å². The Hall–Kier alpha value is -0.960. The highest BCUT2D eigenvalue weighted by Gasteiger charge is 2.16. The molecule has 0 aliphatic carbocycles. The predicted molar refractivity (Wildman–Crippen MR) is 92.3 cm³/mol. The molecule has 1 aromatic carbocycles. The first-order valence-electron chi connectivity index (χ1n) is 7.42. The number of hydrogen-bond donors (Lipinski definition) is 3. The minimum absolute atomic E-state index is 0.224. The van der Waals surface area contributed by atoms with E-state index >= 15 is 0 Å². The zero-order valence-corrected chi connectivity index (χ0v) is 14.4. The van der Waals surface area contributed by atoms with Crippen LogP contribution >= 0.6 is 12.6 Å². The first-order chi connectivity index (χ1) is 9.23. The van der Waals surface area contributed by atoms with E-state index in [1.54, 1.807) is 0 Å². The molecule has 0 bridgehead atoms. The van der Waals surface area contributed by atoms with Crippen LogP contribution in [0.3, 0.4) is 0 Å². The van der Waals surface area contributed by atoms with Crippen molar-refractivity contribution in [3.05, 3.63) is 34.4 Å². The third-order valence-electron chi connectivity index (χ3n) is 3.68. The second-order valence-corrected chi connectivity index (χ2v) is 6.79. The van der Waals surface area contributed by atoms with E-state index in [0.717, 1.165) is 0 Å². The van der Waals surface area contributed by atoms with Crippen molar-refractivity contribution in [2.24, 2.45) is 0 Å². The van der Waals surface area contributed by atoms with Crippen molar-refractivity contribution in [1.29, 1.82) is 5.41 Å². The van der Waals surface area contributed by atoms with Gasteiger partial charge in [-0.3, -0.25) is 5.41 Å². The molecule has 0 fully saturated rings. The molecular weight excluding hydrogens is 264 g/mol. The summed E-state index contributed by atoms with van der Waals surface area (Å²) in [5.74, 6) is 1.50. The monoisotopic (exact) mass is 292 g/mol. The molecule has 20 heavy (non-hydrogen) atoms. The van der Waals surface area contributed by atoms with Gasteiger partial charge >= 0.3 is 0 Å². The highest BCUT2D eigenvalue weighted by molar-refractivity contribution is 7.96. The molecular formula is C17H28N2S. The maximum Gasteiger partial charge on any atom is 0.150 e. The van der Waals surface area contributed by atoms with Gasteiger partial charge in [0.15, 0.2) is 5.17 Å². The van der Waals surface area contributed by atoms with Gasteiger partial charge in [-0.25, -0.2) is 0 Å². The lowest BCUT2D eigenvalue weighted by molar-refractivity contribution is 0.759. The molecule has 1 aromatic rings. The fourth-order valence-electron chi connectivity index (χ4n) is 2.48. The Morgan fingerprint density at radius 2 is 1.45 bits per heavy atom. The number of thiol groups is 1. The van der Waals surface area contributed by atoms with Gasteiger partial charge in [-0.05, 0) is 40.0 Å². The molecule has 0 spiro atoms. The van der Waals surface area contributed by atoms with E-state index in [0.29, 0.717) is 24.3 Å². The lowest BCUT2D eigenvalue weighted by Crippen LogP contribution is -2.20. The molecule has 0 heterocycles. The van der Waals surface area contributed by atoms with Gasteiger partial charge in [-0.15, -0.1) is 12.6 Å². The Morgan fingerprint density at radius 1 is 1.00 bits per heavy atom. The van der Waals surface area contributed by atoms with E-state index in [-0.39, 0.29) is 5.17 Å². The van der Waals surface area contributed by atoms with E-state index in [1.807, 2.05) is 0 Å². The number of benzene rings is 1. The standard InChI is InChI=1S/C17H28N2S/c1-10(2)13-7-14(11(3)4)16(9-19-17(18)20)15(8-13)12(5)6/h7-8,10-12H,9H2,1-6H3,(H3,18,19,20). The quantitative estimate of drug-likeness (QED) is 0.398. The van der Waals surface area contributed by atoms with Crippen LogP contribution in [-0.4, -0.2) is 5.17 Å². The van der Waals surface area contributed by atoms with Crippen LogP contribution in [0.25, 0.3) is 0 Å². The fraction of sp³-hybridized carbons (Fsp3) is 0.588. The molecule has 2 N–H and O–H groups in total. The minimum atomic E-state index is 0.224. The average Bonchev–Trinajstić information content (AvgIpc) is 2.34. The Bertz CT molecular complexity index is 447. The van der Waals surface area contributed by atoms with Gasteiger partial charge < -0.3 is 5.32 Å². The SMILES string of the molecule is CC(C)c1cc(C(C)C)c(CNC(=N)S)c(C(C)C)c1. The molecule has 3 heteroatoms. The van der Waals surface area contributed by atoms with Crippen LogP contribution in [-0.2, 0) is 6.54 Å². The second-order valence-electron chi connectivity index (χ2n) is 6.34. The summed E-state index contributed by atoms with van der Waals surface area (Å²) in [6, 6.07) is 4.67. The van der Waals surface area contributed by atoms with E-state index in [2.05, 4.69) is 71.6 Å². The zero-order valence-electron chi connectivity index (χ0n) is 13.5. The highest BCUT2D eigenvalue weighted by Crippen LogP contribution is 2.32. The van der Waals surface area contributed by atoms with Crippen molar-refractivity contribution in [3.8, 4) is 0 Å². The van der Waals surface area contributed by atoms with Crippen LogP contribution in [0.15, 0.2) is 12.1 Å². The zero-order chi connectivity index (χ0) is 15.4. The number of nitrogens with one attached hydrogen (secondary N) is 2. The predicted octanol–water partition coefficient (Wildman–Crippen LogP) is 5.01. The molecule has 0 atom stereocenters. The molecule has 0 amide bonds. The van der Waals surface area contributed by atoms with Crippen LogP contribution in [0, 0.1) is 5.41 Å². The Balaban J connectivity index is 3.38. The number of amidine groups is 1. The summed E-state index contributed by atoms with van der Waals surface area (Å²) in [4.78, 5) is 0. The summed E-state index contributed by atoms with van der Waals surface area (Å²) < 4.78 is 0. The third-order valence-corrected chi connectivity index (χ3v) is 3.84. The van der Waals surface area contributed by atoms with Crippen LogP contribution < -0.4 is 5.32 Å². The molecule has 0 aromatic heterocycles. The average molecular weight is 292 g/mol. The summed E-state index contributed by atoms with van der Waals surface area (Å²) in [5, 5.41) is 10.7. The van der Waals surface area contributed by atoms with Crippen molar-refractivity contribution >= 4 is 17.8 Å². The van der Waals surface area contributed by atoms with Crippen LogP contribution in [0.5, 0.6) is 0 Å². The molecule has 0 saturated heterocycles. The molecule has 0 aliphatic heterocycles. The van der Waals surface area contributed by atoms with Gasteiger partial charge in [0.2, 0.25) is 0 Å². The highest BCUT2D eigenvalue weighted by atomic mass is 32.1. The van der Waals surface area contributed by atoms with E-state index in [1.165, 1.54) is 22.3 Å². The Labute approximate surface area is 129 Å². The van der Waals surface area contributed by atoms with Crippen molar-refractivity contribution in [2.75, 3.05) is 0 Å². The van der Waals surface area contributed by atoms with Crippen LogP contribution in [0.2, 0.25) is 0 Å². The topological polar surface area (TPSA) is 35.9 Å². The van der Waals surface area contributed by atoms with Gasteiger partial charge in [-0.1, -0.05) is 53.7 Å². The summed E-state index contributed by atoms with van der Waals surface area (Å²) in [5.41, 5.74) is 5.52. The van der Waals surface area contributed by atoms with Gasteiger partial charge in [-0.2, -0.15) is 0 Å². The summed E-state index contributed by atoms with van der Waals surface area (Å²) in [7, 11) is 0. The van der Waals surface area contributed by atoms with Crippen molar-refractivity contribution in [3.63, 3.8) is 0 Å². The largest absolute Gasteiger partial charge is 0.361 e. The Kier molecular flexibility index (Phi) is 6.12. The van der Waals surface area contributed by atoms with Crippen molar-refractivity contribution in [1.82, 2.24) is 5.32 Å². The van der Waals surface area contributed by atoms with Gasteiger partial charge in [0, 0.05) is 6.54 Å². The van der Waals surface area contributed by atoms with E-state index < -0.39 is 0 Å². The fourth-order valence-corrected chi connectivity index (χ4v) is 2.56. The number of hydrogen-bond acceptors (Lipinski definition) is 1. The number of rotatable bonds is 5. The Morgan fingerprint density at radius 3 is 1.75 bits per heavy atom. The second kappa shape index (κ2) is 7.16. The molecule has 2 nitrogen and oxygen atoms in total. The smallest absolute Gasteiger partial charge is 0.150 e. The van der Waals surface area contributed by atoms with Gasteiger partial charge in [0.05, 0.1) is 0 Å². The molecule has 0 radical (unpaired) electrons. The molecule has 112 valence electrons. The normalized spacial score (nSPS) is 11.5. The minimum Gasteiger partial charge on any atom is -0.361 e. The summed E-state index contributed by atoms with van der Waals surface area (Å²) >= 11 is 4.03. The first kappa shape index (κ1) is 17.1. The summed E-state index contributed by atoms with van der Waals surface area (Å²) in [6.07, 6.45) is 0. The van der Waals surface area contributed by atoms with E-state index in [9.17, 15) is 0 Å². The van der Waals surface area contributed by atoms with Crippen LogP contribution in [0.4, 0.5) is 0 Å². The first-order valence-corrected chi connectivity index (χ1v) is 7.86. The molecule has 0 aliphatic rings. The third kappa shape index (κ3) is 4.27. The maximum atomic E-state index is 7.46. The molecule has 0 saturated carbocycles. The van der Waals surface area contributed by atoms with Gasteiger partial charge in [0.1, 0.15) is 0 Å². The van der Waals surface area contributed by atoms with Crippen LogP contribution in [0.1, 0.15) is 81.5 Å². The molecule has 0 unspecified atom stereocenters. The summed E-state index contributed by atoms with van der Waals surface area (Å²) in [6.45, 7) is 14.1. The van der Waals surface area contributed by atoms with E-state index in [4.69, 9.17) is 5.41 Å². The lowest BCUT2D eigenvalue weighted by Gasteiger charge is -2.23. The van der Waals surface area contributed by atoms with Crippen molar-refractivity contribution in [2.45, 2.75) is 65.8 Å². The van der Waals surface area contributed by atoms with Crippen molar-refractivity contribution < 1.29 is 0 Å².